The van der Waals surface area contributed by atoms with Crippen molar-refractivity contribution in [3.8, 4) is 17.1 Å². The lowest BCUT2D eigenvalue weighted by molar-refractivity contribution is -0.116. The van der Waals surface area contributed by atoms with Crippen LogP contribution in [0.3, 0.4) is 0 Å². The maximum atomic E-state index is 12.2. The van der Waals surface area contributed by atoms with Gasteiger partial charge in [0.05, 0.1) is 6.61 Å². The van der Waals surface area contributed by atoms with Crippen molar-refractivity contribution in [2.24, 2.45) is 0 Å². The minimum absolute atomic E-state index is 0.0808. The summed E-state index contributed by atoms with van der Waals surface area (Å²) in [5, 5.41) is 6.91. The molecule has 0 spiro atoms. The van der Waals surface area contributed by atoms with E-state index in [1.807, 2.05) is 63.2 Å². The van der Waals surface area contributed by atoms with E-state index in [9.17, 15) is 4.79 Å². The number of nitrogens with zero attached hydrogens (tertiary/aromatic N) is 2. The molecule has 0 saturated heterocycles. The van der Waals surface area contributed by atoms with Crippen LogP contribution in [0.1, 0.15) is 30.4 Å². The van der Waals surface area contributed by atoms with Crippen LogP contribution in [0.15, 0.2) is 47.0 Å². The van der Waals surface area contributed by atoms with Gasteiger partial charge in [0.25, 0.3) is 0 Å². The summed E-state index contributed by atoms with van der Waals surface area (Å²) in [4.78, 5) is 16.5. The highest BCUT2D eigenvalue weighted by Gasteiger charge is 2.11. The monoisotopic (exact) mass is 365 g/mol. The third-order valence-corrected chi connectivity index (χ3v) is 4.11. The lowest BCUT2D eigenvalue weighted by Crippen LogP contribution is -2.13. The Kier molecular flexibility index (Phi) is 5.86. The van der Waals surface area contributed by atoms with E-state index in [4.69, 9.17) is 9.26 Å². The minimum atomic E-state index is -0.0808. The Morgan fingerprint density at radius 2 is 1.93 bits per heavy atom. The summed E-state index contributed by atoms with van der Waals surface area (Å²) in [6, 6.07) is 13.4. The summed E-state index contributed by atoms with van der Waals surface area (Å²) >= 11 is 0. The van der Waals surface area contributed by atoms with E-state index < -0.39 is 0 Å². The standard InChI is InChI=1S/C21H23N3O3/c1-4-26-17-8-6-16(7-9-17)21-23-20(27-24-21)12-11-19(25)22-18-10-5-14(2)13-15(18)3/h5-10,13H,4,11-12H2,1-3H3,(H,22,25). The average molecular weight is 365 g/mol. The number of carbonyl (C=O) groups is 1. The predicted octanol–water partition coefficient (Wildman–Crippen LogP) is 4.32. The van der Waals surface area contributed by atoms with Gasteiger partial charge in [0.1, 0.15) is 5.75 Å². The molecule has 27 heavy (non-hydrogen) atoms. The first kappa shape index (κ1) is 18.6. The van der Waals surface area contributed by atoms with Gasteiger partial charge in [-0.05, 0) is 56.7 Å². The molecular weight excluding hydrogens is 342 g/mol. The fourth-order valence-electron chi connectivity index (χ4n) is 2.73. The van der Waals surface area contributed by atoms with Crippen molar-refractivity contribution in [2.45, 2.75) is 33.6 Å². The van der Waals surface area contributed by atoms with Crippen molar-refractivity contribution in [3.63, 3.8) is 0 Å². The van der Waals surface area contributed by atoms with Crippen molar-refractivity contribution in [3.05, 3.63) is 59.5 Å². The predicted molar refractivity (Wildman–Crippen MR) is 104 cm³/mol. The van der Waals surface area contributed by atoms with E-state index in [0.29, 0.717) is 24.7 Å². The summed E-state index contributed by atoms with van der Waals surface area (Å²) in [7, 11) is 0. The topological polar surface area (TPSA) is 77.2 Å². The molecule has 1 heterocycles. The van der Waals surface area contributed by atoms with Gasteiger partial charge in [-0.2, -0.15) is 4.98 Å². The number of anilines is 1. The molecule has 2 aromatic carbocycles. The molecule has 6 nitrogen and oxygen atoms in total. The molecular formula is C21H23N3O3. The molecule has 0 saturated carbocycles. The lowest BCUT2D eigenvalue weighted by Gasteiger charge is -2.08. The van der Waals surface area contributed by atoms with Gasteiger partial charge < -0.3 is 14.6 Å². The number of rotatable bonds is 7. The summed E-state index contributed by atoms with van der Waals surface area (Å²) in [5.74, 6) is 1.66. The number of hydrogen-bond acceptors (Lipinski definition) is 5. The number of nitrogens with one attached hydrogen (secondary N) is 1. The molecule has 1 amide bonds. The second-order valence-corrected chi connectivity index (χ2v) is 6.34. The second-order valence-electron chi connectivity index (χ2n) is 6.34. The maximum absolute atomic E-state index is 12.2. The van der Waals surface area contributed by atoms with Crippen molar-refractivity contribution >= 4 is 11.6 Å². The molecule has 1 N–H and O–H groups in total. The number of aryl methyl sites for hydroxylation is 3. The molecule has 0 bridgehead atoms. The molecule has 0 atom stereocenters. The van der Waals surface area contributed by atoms with Gasteiger partial charge >= 0.3 is 0 Å². The summed E-state index contributed by atoms with van der Waals surface area (Å²) in [5.41, 5.74) is 3.87. The maximum Gasteiger partial charge on any atom is 0.227 e. The third-order valence-electron chi connectivity index (χ3n) is 4.11. The zero-order valence-corrected chi connectivity index (χ0v) is 15.8. The number of benzene rings is 2. The molecule has 0 aliphatic carbocycles. The van der Waals surface area contributed by atoms with Crippen LogP contribution in [0.25, 0.3) is 11.4 Å². The van der Waals surface area contributed by atoms with Gasteiger partial charge in [-0.15, -0.1) is 0 Å². The van der Waals surface area contributed by atoms with Crippen LogP contribution < -0.4 is 10.1 Å². The number of aromatic nitrogens is 2. The van der Waals surface area contributed by atoms with E-state index in [2.05, 4.69) is 15.5 Å². The molecule has 0 fully saturated rings. The number of hydrogen-bond donors (Lipinski definition) is 1. The third kappa shape index (κ3) is 4.94. The van der Waals surface area contributed by atoms with Gasteiger partial charge in [-0.25, -0.2) is 0 Å². The summed E-state index contributed by atoms with van der Waals surface area (Å²) in [6.07, 6.45) is 0.666. The highest BCUT2D eigenvalue weighted by molar-refractivity contribution is 5.91. The first-order valence-electron chi connectivity index (χ1n) is 8.98. The van der Waals surface area contributed by atoms with Crippen molar-refractivity contribution in [1.29, 1.82) is 0 Å². The van der Waals surface area contributed by atoms with Gasteiger partial charge in [0.2, 0.25) is 17.6 Å². The van der Waals surface area contributed by atoms with Gasteiger partial charge in [-0.1, -0.05) is 22.9 Å². The van der Waals surface area contributed by atoms with E-state index in [1.54, 1.807) is 0 Å². The SMILES string of the molecule is CCOc1ccc(-c2noc(CCC(=O)Nc3ccc(C)cc3C)n2)cc1. The van der Waals surface area contributed by atoms with Crippen LogP contribution in [0.2, 0.25) is 0 Å². The second kappa shape index (κ2) is 8.49. The molecule has 3 rings (SSSR count). The molecule has 6 heteroatoms. The number of amides is 1. The molecule has 0 aliphatic rings. The van der Waals surface area contributed by atoms with Crippen molar-refractivity contribution in [2.75, 3.05) is 11.9 Å². The molecule has 0 unspecified atom stereocenters. The molecule has 140 valence electrons. The van der Waals surface area contributed by atoms with Crippen molar-refractivity contribution in [1.82, 2.24) is 10.1 Å². The van der Waals surface area contributed by atoms with Gasteiger partial charge in [-0.3, -0.25) is 4.79 Å². The van der Waals surface area contributed by atoms with Crippen LogP contribution >= 0.6 is 0 Å². The zero-order chi connectivity index (χ0) is 19.2. The quantitative estimate of drug-likeness (QED) is 0.674. The minimum Gasteiger partial charge on any atom is -0.494 e. The van der Waals surface area contributed by atoms with Gasteiger partial charge in [0, 0.05) is 24.1 Å². The zero-order valence-electron chi connectivity index (χ0n) is 15.8. The van der Waals surface area contributed by atoms with Crippen LogP contribution in [-0.2, 0) is 11.2 Å². The Balaban J connectivity index is 1.56. The lowest BCUT2D eigenvalue weighted by atomic mass is 10.1. The van der Waals surface area contributed by atoms with E-state index in [-0.39, 0.29) is 12.3 Å². The summed E-state index contributed by atoms with van der Waals surface area (Å²) in [6.45, 7) is 6.56. The van der Waals surface area contributed by atoms with Crippen molar-refractivity contribution < 1.29 is 14.1 Å². The molecule has 1 aromatic heterocycles. The van der Waals surface area contributed by atoms with E-state index in [1.165, 1.54) is 0 Å². The Bertz CT molecular complexity index is 917. The fourth-order valence-corrected chi connectivity index (χ4v) is 2.73. The first-order valence-corrected chi connectivity index (χ1v) is 8.98. The van der Waals surface area contributed by atoms with Crippen LogP contribution in [0, 0.1) is 13.8 Å². The molecule has 0 radical (unpaired) electrons. The number of carbonyl (C=O) groups excluding carboxylic acids is 1. The Morgan fingerprint density at radius 3 is 2.63 bits per heavy atom. The van der Waals surface area contributed by atoms with E-state index >= 15 is 0 Å². The average Bonchev–Trinajstić information content (AvgIpc) is 3.12. The Hall–Kier alpha value is -3.15. The summed E-state index contributed by atoms with van der Waals surface area (Å²) < 4.78 is 10.7. The normalized spacial score (nSPS) is 10.6. The highest BCUT2D eigenvalue weighted by Crippen LogP contribution is 2.21. The van der Waals surface area contributed by atoms with Crippen LogP contribution in [0.5, 0.6) is 5.75 Å². The smallest absolute Gasteiger partial charge is 0.227 e. The largest absolute Gasteiger partial charge is 0.494 e. The van der Waals surface area contributed by atoms with Gasteiger partial charge in [0.15, 0.2) is 0 Å². The first-order chi connectivity index (χ1) is 13.0. The fraction of sp³-hybridized carbons (Fsp3) is 0.286. The Labute approximate surface area is 158 Å². The number of ether oxygens (including phenoxy) is 1. The molecule has 3 aromatic rings. The Morgan fingerprint density at radius 1 is 1.15 bits per heavy atom. The van der Waals surface area contributed by atoms with E-state index in [0.717, 1.165) is 28.1 Å². The molecule has 0 aliphatic heterocycles. The van der Waals surface area contributed by atoms with Crippen LogP contribution in [0.4, 0.5) is 5.69 Å². The van der Waals surface area contributed by atoms with Crippen LogP contribution in [-0.4, -0.2) is 22.7 Å². The highest BCUT2D eigenvalue weighted by atomic mass is 16.5.